The van der Waals surface area contributed by atoms with Crippen molar-refractivity contribution in [2.75, 3.05) is 11.9 Å². The van der Waals surface area contributed by atoms with Crippen molar-refractivity contribution in [3.8, 4) is 0 Å². The average molecular weight is 287 g/mol. The van der Waals surface area contributed by atoms with E-state index in [2.05, 4.69) is 46.4 Å². The first-order valence-electron chi connectivity index (χ1n) is 7.21. The molecule has 0 spiro atoms. The zero-order valence-corrected chi connectivity index (χ0v) is 12.9. The molecule has 1 aliphatic heterocycles. The summed E-state index contributed by atoms with van der Waals surface area (Å²) >= 11 is 0. The topological polar surface area (TPSA) is 82.7 Å². The third kappa shape index (κ3) is 2.34. The van der Waals surface area contributed by atoms with Gasteiger partial charge in [-0.25, -0.2) is 9.97 Å². The van der Waals surface area contributed by atoms with Crippen molar-refractivity contribution in [1.82, 2.24) is 20.3 Å². The number of hydrogen-bond acceptors (Lipinski definition) is 4. The van der Waals surface area contributed by atoms with Gasteiger partial charge < -0.3 is 15.6 Å². The molecule has 1 atom stereocenters. The predicted molar refractivity (Wildman–Crippen MR) is 82.2 cm³/mol. The highest BCUT2D eigenvalue weighted by molar-refractivity contribution is 5.91. The van der Waals surface area contributed by atoms with Gasteiger partial charge >= 0.3 is 0 Å². The molecule has 1 saturated heterocycles. The number of carbonyl (C=O) groups excluding carboxylic acids is 1. The molecule has 6 nitrogen and oxygen atoms in total. The number of hydrogen-bond donors (Lipinski definition) is 3. The van der Waals surface area contributed by atoms with Gasteiger partial charge in [0.2, 0.25) is 5.91 Å². The van der Waals surface area contributed by atoms with E-state index in [1.807, 2.05) is 6.92 Å². The standard InChI is InChI=1S/C15H21N5O/c1-8-9(2)19-14-12(8)13(17-7-18-14)16-6-10-15(3,4)5-11(21)20-10/h7,10H,5-6H2,1-4H3,(H,20,21)(H2,16,17,18,19)/t10-/m1/s1. The Morgan fingerprint density at radius 1 is 1.38 bits per heavy atom. The highest BCUT2D eigenvalue weighted by Crippen LogP contribution is 2.31. The molecule has 6 heteroatoms. The lowest BCUT2D eigenvalue weighted by molar-refractivity contribution is -0.119. The zero-order valence-electron chi connectivity index (χ0n) is 12.9. The summed E-state index contributed by atoms with van der Waals surface area (Å²) in [5.74, 6) is 0.937. The number of rotatable bonds is 3. The molecule has 0 bridgehead atoms. The van der Waals surface area contributed by atoms with Gasteiger partial charge in [0.05, 0.1) is 11.4 Å². The third-order valence-electron chi connectivity index (χ3n) is 4.46. The van der Waals surface area contributed by atoms with Crippen molar-refractivity contribution >= 4 is 22.8 Å². The number of anilines is 1. The number of aryl methyl sites for hydroxylation is 2. The van der Waals surface area contributed by atoms with E-state index in [9.17, 15) is 4.79 Å². The maximum Gasteiger partial charge on any atom is 0.220 e. The van der Waals surface area contributed by atoms with Gasteiger partial charge in [-0.15, -0.1) is 0 Å². The maximum absolute atomic E-state index is 11.6. The first-order chi connectivity index (χ1) is 9.88. The van der Waals surface area contributed by atoms with Crippen molar-refractivity contribution in [2.45, 2.75) is 40.2 Å². The second kappa shape index (κ2) is 4.72. The molecule has 21 heavy (non-hydrogen) atoms. The molecule has 0 radical (unpaired) electrons. The van der Waals surface area contributed by atoms with Crippen LogP contribution in [0, 0.1) is 19.3 Å². The van der Waals surface area contributed by atoms with E-state index in [-0.39, 0.29) is 17.4 Å². The fourth-order valence-corrected chi connectivity index (χ4v) is 2.93. The molecule has 1 aliphatic rings. The van der Waals surface area contributed by atoms with Gasteiger partial charge in [-0.1, -0.05) is 13.8 Å². The molecule has 3 N–H and O–H groups in total. The lowest BCUT2D eigenvalue weighted by atomic mass is 9.85. The molecule has 2 aromatic heterocycles. The van der Waals surface area contributed by atoms with Gasteiger partial charge in [-0.2, -0.15) is 0 Å². The summed E-state index contributed by atoms with van der Waals surface area (Å²) < 4.78 is 0. The number of amides is 1. The van der Waals surface area contributed by atoms with Crippen LogP contribution < -0.4 is 10.6 Å². The summed E-state index contributed by atoms with van der Waals surface area (Å²) in [6.45, 7) is 8.97. The SMILES string of the molecule is Cc1[nH]c2ncnc(NC[C@H]3NC(=O)CC3(C)C)c2c1C. The Morgan fingerprint density at radius 3 is 2.81 bits per heavy atom. The summed E-state index contributed by atoms with van der Waals surface area (Å²) in [5.41, 5.74) is 3.06. The molecule has 0 aliphatic carbocycles. The lowest BCUT2D eigenvalue weighted by Crippen LogP contribution is -2.39. The van der Waals surface area contributed by atoms with Crippen molar-refractivity contribution < 1.29 is 4.79 Å². The summed E-state index contributed by atoms with van der Waals surface area (Å²) in [6, 6.07) is 0.107. The fraction of sp³-hybridized carbons (Fsp3) is 0.533. The van der Waals surface area contributed by atoms with Crippen LogP contribution in [-0.2, 0) is 4.79 Å². The van der Waals surface area contributed by atoms with Crippen LogP contribution in [0.25, 0.3) is 11.0 Å². The van der Waals surface area contributed by atoms with Crippen LogP contribution in [0.2, 0.25) is 0 Å². The third-order valence-corrected chi connectivity index (χ3v) is 4.46. The molecule has 0 aromatic carbocycles. The van der Waals surface area contributed by atoms with E-state index in [4.69, 9.17) is 0 Å². The summed E-state index contributed by atoms with van der Waals surface area (Å²) in [5, 5.41) is 7.43. The first-order valence-corrected chi connectivity index (χ1v) is 7.21. The molecule has 2 aromatic rings. The quantitative estimate of drug-likeness (QED) is 0.805. The van der Waals surface area contributed by atoms with Crippen LogP contribution in [0.4, 0.5) is 5.82 Å². The fourth-order valence-electron chi connectivity index (χ4n) is 2.93. The Bertz CT molecular complexity index is 703. The number of carbonyl (C=O) groups is 1. The zero-order chi connectivity index (χ0) is 15.2. The Kier molecular flexibility index (Phi) is 3.11. The van der Waals surface area contributed by atoms with Crippen molar-refractivity contribution in [1.29, 1.82) is 0 Å². The Labute approximate surface area is 123 Å². The van der Waals surface area contributed by atoms with Crippen molar-refractivity contribution in [3.05, 3.63) is 17.6 Å². The molecule has 1 fully saturated rings. The highest BCUT2D eigenvalue weighted by atomic mass is 16.2. The molecule has 3 rings (SSSR count). The van der Waals surface area contributed by atoms with E-state index >= 15 is 0 Å². The van der Waals surface area contributed by atoms with Crippen LogP contribution in [-0.4, -0.2) is 33.4 Å². The second-order valence-corrected chi connectivity index (χ2v) is 6.49. The van der Waals surface area contributed by atoms with Crippen molar-refractivity contribution in [3.63, 3.8) is 0 Å². The monoisotopic (exact) mass is 287 g/mol. The van der Waals surface area contributed by atoms with Crippen LogP contribution in [0.3, 0.4) is 0 Å². The van der Waals surface area contributed by atoms with Gasteiger partial charge in [-0.3, -0.25) is 4.79 Å². The minimum atomic E-state index is -0.0423. The Hall–Kier alpha value is -2.11. The number of aromatic amines is 1. The minimum absolute atomic E-state index is 0.0423. The molecule has 1 amide bonds. The van der Waals surface area contributed by atoms with Crippen LogP contribution >= 0.6 is 0 Å². The molecular weight excluding hydrogens is 266 g/mol. The molecular formula is C15H21N5O. The summed E-state index contributed by atoms with van der Waals surface area (Å²) in [7, 11) is 0. The number of nitrogens with zero attached hydrogens (tertiary/aromatic N) is 2. The predicted octanol–water partition coefficient (Wildman–Crippen LogP) is 1.90. The molecule has 0 unspecified atom stereocenters. The van der Waals surface area contributed by atoms with Crippen LogP contribution in [0.1, 0.15) is 31.5 Å². The largest absolute Gasteiger partial charge is 0.367 e. The normalized spacial score (nSPS) is 20.8. The Balaban J connectivity index is 1.84. The van der Waals surface area contributed by atoms with E-state index in [0.717, 1.165) is 28.1 Å². The van der Waals surface area contributed by atoms with Gasteiger partial charge in [0.25, 0.3) is 0 Å². The number of nitrogens with one attached hydrogen (secondary N) is 3. The molecule has 3 heterocycles. The molecule has 0 saturated carbocycles. The van der Waals surface area contributed by atoms with Crippen molar-refractivity contribution in [2.24, 2.45) is 5.41 Å². The van der Waals surface area contributed by atoms with E-state index in [0.29, 0.717) is 13.0 Å². The first kappa shape index (κ1) is 13.9. The van der Waals surface area contributed by atoms with Gasteiger partial charge in [0, 0.05) is 18.7 Å². The number of H-pyrrole nitrogens is 1. The van der Waals surface area contributed by atoms with E-state index < -0.39 is 0 Å². The van der Waals surface area contributed by atoms with Gasteiger partial charge in [0.1, 0.15) is 17.8 Å². The average Bonchev–Trinajstić information content (AvgIpc) is 2.84. The summed E-state index contributed by atoms with van der Waals surface area (Å²) in [6.07, 6.45) is 2.12. The van der Waals surface area contributed by atoms with Crippen LogP contribution in [0.15, 0.2) is 6.33 Å². The summed E-state index contributed by atoms with van der Waals surface area (Å²) in [4.78, 5) is 23.5. The van der Waals surface area contributed by atoms with Crippen LogP contribution in [0.5, 0.6) is 0 Å². The molecule has 112 valence electrons. The smallest absolute Gasteiger partial charge is 0.220 e. The highest BCUT2D eigenvalue weighted by Gasteiger charge is 2.39. The number of aromatic nitrogens is 3. The van der Waals surface area contributed by atoms with E-state index in [1.54, 1.807) is 6.33 Å². The second-order valence-electron chi connectivity index (χ2n) is 6.49. The Morgan fingerprint density at radius 2 is 2.14 bits per heavy atom. The van der Waals surface area contributed by atoms with Gasteiger partial charge in [-0.05, 0) is 24.8 Å². The maximum atomic E-state index is 11.6. The van der Waals surface area contributed by atoms with Gasteiger partial charge in [0.15, 0.2) is 0 Å². The minimum Gasteiger partial charge on any atom is -0.367 e. The van der Waals surface area contributed by atoms with E-state index in [1.165, 1.54) is 0 Å². The lowest BCUT2D eigenvalue weighted by Gasteiger charge is -2.25. The number of fused-ring (bicyclic) bond motifs is 1.